The Labute approximate surface area is 72.0 Å². The van der Waals surface area contributed by atoms with Crippen molar-refractivity contribution in [2.45, 2.75) is 37.8 Å². The molecule has 1 radical (unpaired) electrons. The van der Waals surface area contributed by atoms with Gasteiger partial charge in [-0.1, -0.05) is 0 Å². The third kappa shape index (κ3) is 1.50. The first-order valence-corrected chi connectivity index (χ1v) is 4.44. The molecule has 1 heterocycles. The number of rotatable bonds is 1. The van der Waals surface area contributed by atoms with E-state index in [2.05, 4.69) is 11.2 Å². The van der Waals surface area contributed by atoms with Crippen LogP contribution >= 0.6 is 0 Å². The van der Waals surface area contributed by atoms with Gasteiger partial charge in [-0.15, -0.1) is 0 Å². The third-order valence-corrected chi connectivity index (χ3v) is 2.51. The van der Waals surface area contributed by atoms with Crippen LogP contribution in [0.25, 0.3) is 0 Å². The van der Waals surface area contributed by atoms with Gasteiger partial charge in [0.25, 0.3) is 0 Å². The van der Waals surface area contributed by atoms with Crippen molar-refractivity contribution in [3.63, 3.8) is 0 Å². The zero-order valence-corrected chi connectivity index (χ0v) is 6.98. The Morgan fingerprint density at radius 3 is 2.67 bits per heavy atom. The molecule has 0 aromatic carbocycles. The summed E-state index contributed by atoms with van der Waals surface area (Å²) >= 11 is 0. The van der Waals surface area contributed by atoms with Crippen LogP contribution in [0, 0.1) is 6.07 Å². The molecule has 1 N–H and O–H groups in total. The van der Waals surface area contributed by atoms with Crippen molar-refractivity contribution in [3.05, 3.63) is 18.5 Å². The van der Waals surface area contributed by atoms with Crippen LogP contribution in [0.1, 0.15) is 31.7 Å². The standard InChI is InChI=1S/C9H13N2O/c12-9-4-2-8(3-5-9)11-7-1-6-10-11/h6-9,12H,2-5H2/t8-,9-. The Bertz CT molecular complexity index is 225. The summed E-state index contributed by atoms with van der Waals surface area (Å²) in [7, 11) is 0. The first kappa shape index (κ1) is 7.80. The molecule has 1 aromatic heterocycles. The second kappa shape index (κ2) is 3.27. The Kier molecular flexibility index (Phi) is 2.13. The summed E-state index contributed by atoms with van der Waals surface area (Å²) in [6.07, 6.45) is 7.37. The second-order valence-corrected chi connectivity index (χ2v) is 3.38. The minimum atomic E-state index is -0.0826. The number of hydrogen-bond acceptors (Lipinski definition) is 2. The van der Waals surface area contributed by atoms with Gasteiger partial charge in [-0.3, -0.25) is 4.68 Å². The maximum absolute atomic E-state index is 9.29. The molecular formula is C9H13N2O. The van der Waals surface area contributed by atoms with Gasteiger partial charge in [0.15, 0.2) is 0 Å². The molecule has 1 saturated carbocycles. The highest BCUT2D eigenvalue weighted by Crippen LogP contribution is 2.27. The highest BCUT2D eigenvalue weighted by Gasteiger charge is 2.20. The molecule has 0 saturated heterocycles. The van der Waals surface area contributed by atoms with E-state index >= 15 is 0 Å². The van der Waals surface area contributed by atoms with Gasteiger partial charge in [0, 0.05) is 12.3 Å². The van der Waals surface area contributed by atoms with Crippen molar-refractivity contribution < 1.29 is 5.11 Å². The van der Waals surface area contributed by atoms with Crippen molar-refractivity contribution in [1.29, 1.82) is 0 Å². The van der Waals surface area contributed by atoms with Gasteiger partial charge >= 0.3 is 0 Å². The fourth-order valence-electron chi connectivity index (χ4n) is 1.77. The Balaban J connectivity index is 1.99. The SMILES string of the molecule is O[C@H]1CC[C@H](n2c[c]cn2)CC1. The largest absolute Gasteiger partial charge is 0.393 e. The highest BCUT2D eigenvalue weighted by atomic mass is 16.3. The summed E-state index contributed by atoms with van der Waals surface area (Å²) in [5.41, 5.74) is 0. The van der Waals surface area contributed by atoms with Crippen LogP contribution in [0.4, 0.5) is 0 Å². The number of aliphatic hydroxyl groups is 1. The monoisotopic (exact) mass is 165 g/mol. The molecule has 0 atom stereocenters. The Hall–Kier alpha value is -0.830. The van der Waals surface area contributed by atoms with Gasteiger partial charge in [-0.2, -0.15) is 5.10 Å². The lowest BCUT2D eigenvalue weighted by atomic mass is 9.93. The second-order valence-electron chi connectivity index (χ2n) is 3.38. The van der Waals surface area contributed by atoms with Crippen LogP contribution in [0.5, 0.6) is 0 Å². The quantitative estimate of drug-likeness (QED) is 0.678. The maximum Gasteiger partial charge on any atom is 0.0569 e. The van der Waals surface area contributed by atoms with E-state index in [4.69, 9.17) is 0 Å². The van der Waals surface area contributed by atoms with Gasteiger partial charge in [0.1, 0.15) is 0 Å². The lowest BCUT2D eigenvalue weighted by molar-refractivity contribution is 0.108. The molecule has 0 aliphatic heterocycles. The fourth-order valence-corrected chi connectivity index (χ4v) is 1.77. The molecule has 0 amide bonds. The predicted molar refractivity (Wildman–Crippen MR) is 44.6 cm³/mol. The molecule has 3 heteroatoms. The maximum atomic E-state index is 9.29. The minimum Gasteiger partial charge on any atom is -0.393 e. The predicted octanol–water partition coefficient (Wildman–Crippen LogP) is 1.16. The van der Waals surface area contributed by atoms with Gasteiger partial charge in [-0.25, -0.2) is 0 Å². The van der Waals surface area contributed by atoms with Crippen molar-refractivity contribution in [3.8, 4) is 0 Å². The van der Waals surface area contributed by atoms with Crippen LogP contribution in [-0.4, -0.2) is 21.0 Å². The molecule has 65 valence electrons. The summed E-state index contributed by atoms with van der Waals surface area (Å²) in [5.74, 6) is 0. The van der Waals surface area contributed by atoms with E-state index in [1.807, 2.05) is 10.9 Å². The van der Waals surface area contributed by atoms with Gasteiger partial charge in [0.05, 0.1) is 18.3 Å². The smallest absolute Gasteiger partial charge is 0.0569 e. The summed E-state index contributed by atoms with van der Waals surface area (Å²) in [5, 5.41) is 13.4. The molecule has 2 rings (SSSR count). The van der Waals surface area contributed by atoms with Gasteiger partial charge < -0.3 is 5.11 Å². The van der Waals surface area contributed by atoms with E-state index in [0.717, 1.165) is 25.7 Å². The summed E-state index contributed by atoms with van der Waals surface area (Å²) in [6, 6.07) is 3.41. The first-order valence-electron chi connectivity index (χ1n) is 4.44. The van der Waals surface area contributed by atoms with E-state index in [1.54, 1.807) is 6.20 Å². The van der Waals surface area contributed by atoms with Crippen LogP contribution in [0.15, 0.2) is 12.4 Å². The Morgan fingerprint density at radius 1 is 1.33 bits per heavy atom. The number of hydrogen-bond donors (Lipinski definition) is 1. The lowest BCUT2D eigenvalue weighted by Gasteiger charge is -2.25. The van der Waals surface area contributed by atoms with Crippen molar-refractivity contribution in [1.82, 2.24) is 9.78 Å². The van der Waals surface area contributed by atoms with Crippen LogP contribution in [-0.2, 0) is 0 Å². The normalized spacial score (nSPS) is 30.4. The van der Waals surface area contributed by atoms with E-state index in [9.17, 15) is 5.11 Å². The molecular weight excluding hydrogens is 152 g/mol. The van der Waals surface area contributed by atoms with Crippen LogP contribution in [0.3, 0.4) is 0 Å². The molecule has 1 aliphatic carbocycles. The number of nitrogens with zero attached hydrogens (tertiary/aromatic N) is 2. The molecule has 0 unspecified atom stereocenters. The van der Waals surface area contributed by atoms with Crippen LogP contribution in [0.2, 0.25) is 0 Å². The zero-order chi connectivity index (χ0) is 8.39. The average Bonchev–Trinajstić information content (AvgIpc) is 2.58. The highest BCUT2D eigenvalue weighted by molar-refractivity contribution is 4.82. The topological polar surface area (TPSA) is 38.0 Å². The van der Waals surface area contributed by atoms with Gasteiger partial charge in [0.2, 0.25) is 0 Å². The summed E-state index contributed by atoms with van der Waals surface area (Å²) in [6.45, 7) is 0. The van der Waals surface area contributed by atoms with Crippen molar-refractivity contribution in [2.24, 2.45) is 0 Å². The van der Waals surface area contributed by atoms with Crippen LogP contribution < -0.4 is 0 Å². The first-order chi connectivity index (χ1) is 5.86. The number of aliphatic hydroxyl groups excluding tert-OH is 1. The molecule has 0 spiro atoms. The number of aromatic nitrogens is 2. The summed E-state index contributed by atoms with van der Waals surface area (Å²) < 4.78 is 1.95. The minimum absolute atomic E-state index is 0.0826. The third-order valence-electron chi connectivity index (χ3n) is 2.51. The van der Waals surface area contributed by atoms with Crippen molar-refractivity contribution >= 4 is 0 Å². The fraction of sp³-hybridized carbons (Fsp3) is 0.667. The molecule has 1 aliphatic rings. The van der Waals surface area contributed by atoms with Gasteiger partial charge in [-0.05, 0) is 25.7 Å². The van der Waals surface area contributed by atoms with E-state index in [-0.39, 0.29) is 6.10 Å². The molecule has 1 aromatic rings. The average molecular weight is 165 g/mol. The zero-order valence-electron chi connectivity index (χ0n) is 6.98. The van der Waals surface area contributed by atoms with E-state index in [1.165, 1.54) is 0 Å². The Morgan fingerprint density at radius 2 is 2.08 bits per heavy atom. The molecule has 1 fully saturated rings. The summed E-state index contributed by atoms with van der Waals surface area (Å²) in [4.78, 5) is 0. The molecule has 12 heavy (non-hydrogen) atoms. The molecule has 0 bridgehead atoms. The van der Waals surface area contributed by atoms with Crippen molar-refractivity contribution in [2.75, 3.05) is 0 Å². The molecule has 3 nitrogen and oxygen atoms in total. The van der Waals surface area contributed by atoms with E-state index in [0.29, 0.717) is 6.04 Å². The van der Waals surface area contributed by atoms with E-state index < -0.39 is 0 Å². The lowest BCUT2D eigenvalue weighted by Crippen LogP contribution is -2.21.